The molecule has 2 N–H and O–H groups in total. The van der Waals surface area contributed by atoms with E-state index in [1.807, 2.05) is 60.0 Å². The Hall–Kier alpha value is -4.97. The highest BCUT2D eigenvalue weighted by molar-refractivity contribution is 6.15. The summed E-state index contributed by atoms with van der Waals surface area (Å²) >= 11 is 0. The number of nitriles is 1. The number of hydrogen-bond acceptors (Lipinski definition) is 6. The molecule has 9 heteroatoms. The van der Waals surface area contributed by atoms with Crippen molar-refractivity contribution in [2.24, 2.45) is 5.10 Å². The molecule has 0 aliphatic carbocycles. The summed E-state index contributed by atoms with van der Waals surface area (Å²) in [6, 6.07) is 24.4. The number of nitrogens with zero attached hydrogens (tertiary/aromatic N) is 6. The van der Waals surface area contributed by atoms with Gasteiger partial charge in [-0.25, -0.2) is 9.80 Å². The van der Waals surface area contributed by atoms with Gasteiger partial charge in [-0.3, -0.25) is 9.88 Å². The molecule has 5 rings (SSSR count). The largest absolute Gasteiger partial charge is 0.465 e. The highest BCUT2D eigenvalue weighted by Gasteiger charge is 2.26. The van der Waals surface area contributed by atoms with Gasteiger partial charge in [0.15, 0.2) is 0 Å². The van der Waals surface area contributed by atoms with E-state index >= 15 is 0 Å². The number of benzene rings is 3. The number of para-hydroxylation sites is 1. The molecule has 0 saturated carbocycles. The van der Waals surface area contributed by atoms with Crippen molar-refractivity contribution in [3.8, 4) is 11.8 Å². The average Bonchev–Trinajstić information content (AvgIpc) is 3.17. The zero-order valence-corrected chi connectivity index (χ0v) is 18.2. The molecular weight excluding hydrogens is 430 g/mol. The minimum Gasteiger partial charge on any atom is -0.465 e. The summed E-state index contributed by atoms with van der Waals surface area (Å²) in [7, 11) is 0. The Kier molecular flexibility index (Phi) is 5.24. The lowest BCUT2D eigenvalue weighted by Crippen LogP contribution is -2.20. The first kappa shape index (κ1) is 20.9. The van der Waals surface area contributed by atoms with Gasteiger partial charge in [0.1, 0.15) is 11.5 Å². The smallest absolute Gasteiger partial charge is 0.409 e. The summed E-state index contributed by atoms with van der Waals surface area (Å²) in [5.74, 6) is 1.30. The van der Waals surface area contributed by atoms with Crippen LogP contribution in [0.1, 0.15) is 28.1 Å². The van der Waals surface area contributed by atoms with E-state index in [0.717, 1.165) is 33.9 Å². The van der Waals surface area contributed by atoms with Crippen LogP contribution in [0.25, 0.3) is 5.69 Å². The van der Waals surface area contributed by atoms with E-state index < -0.39 is 6.09 Å². The van der Waals surface area contributed by atoms with Crippen molar-refractivity contribution >= 4 is 23.4 Å². The molecule has 1 aliphatic rings. The fourth-order valence-corrected chi connectivity index (χ4v) is 3.90. The van der Waals surface area contributed by atoms with Crippen molar-refractivity contribution in [3.05, 3.63) is 101 Å². The van der Waals surface area contributed by atoms with Gasteiger partial charge < -0.3 is 5.11 Å². The lowest BCUT2D eigenvalue weighted by Gasteiger charge is -2.18. The molecule has 3 aromatic carbocycles. The summed E-state index contributed by atoms with van der Waals surface area (Å²) in [6.45, 7) is 2.31. The van der Waals surface area contributed by atoms with Crippen LogP contribution in [0.5, 0.6) is 0 Å². The summed E-state index contributed by atoms with van der Waals surface area (Å²) in [5.41, 5.74) is 5.36. The second-order valence-corrected chi connectivity index (χ2v) is 7.72. The molecule has 0 spiro atoms. The van der Waals surface area contributed by atoms with Gasteiger partial charge in [0.2, 0.25) is 0 Å². The molecule has 4 aromatic rings. The Balaban J connectivity index is 1.64. The van der Waals surface area contributed by atoms with Gasteiger partial charge in [0.05, 0.1) is 23.9 Å². The maximum atomic E-state index is 11.0. The van der Waals surface area contributed by atoms with E-state index in [1.54, 1.807) is 29.3 Å². The average molecular weight is 449 g/mol. The molecule has 1 amide bonds. The summed E-state index contributed by atoms with van der Waals surface area (Å²) in [5, 5.41) is 35.9. The summed E-state index contributed by atoms with van der Waals surface area (Å²) < 4.78 is 1.97. The van der Waals surface area contributed by atoms with Gasteiger partial charge in [-0.2, -0.15) is 10.4 Å². The SMILES string of the molecule is Cc1nnc2n1-c1ccccc1C(c1ccc(NC(=O)O)cc1)=NN2Cc1ccc(C#N)cc1. The Bertz CT molecular complexity index is 1450. The lowest BCUT2D eigenvalue weighted by molar-refractivity contribution is 0.209. The quantitative estimate of drug-likeness (QED) is 0.479. The fraction of sp³-hybridized carbons (Fsp3) is 0.0800. The molecule has 2 heterocycles. The number of hydrazone groups is 1. The molecule has 0 fully saturated rings. The molecular formula is C25H19N7O2. The monoisotopic (exact) mass is 449 g/mol. The Morgan fingerprint density at radius 3 is 2.47 bits per heavy atom. The normalized spacial score (nSPS) is 12.1. The number of hydrogen-bond donors (Lipinski definition) is 2. The Morgan fingerprint density at radius 2 is 1.76 bits per heavy atom. The molecule has 0 bridgehead atoms. The van der Waals surface area contributed by atoms with E-state index in [2.05, 4.69) is 21.6 Å². The second-order valence-electron chi connectivity index (χ2n) is 7.72. The third kappa shape index (κ3) is 3.84. The van der Waals surface area contributed by atoms with Crippen molar-refractivity contribution in [2.45, 2.75) is 13.5 Å². The number of fused-ring (bicyclic) bond motifs is 3. The summed E-state index contributed by atoms with van der Waals surface area (Å²) in [4.78, 5) is 11.0. The minimum absolute atomic E-state index is 0.417. The topological polar surface area (TPSA) is 119 Å². The molecule has 9 nitrogen and oxygen atoms in total. The zero-order valence-electron chi connectivity index (χ0n) is 18.2. The third-order valence-corrected chi connectivity index (χ3v) is 5.48. The van der Waals surface area contributed by atoms with Gasteiger partial charge >= 0.3 is 6.09 Å². The number of amides is 1. The molecule has 1 aliphatic heterocycles. The number of aryl methyl sites for hydroxylation is 1. The zero-order chi connectivity index (χ0) is 23.7. The van der Waals surface area contributed by atoms with Crippen LogP contribution in [0, 0.1) is 18.3 Å². The van der Waals surface area contributed by atoms with Crippen LogP contribution >= 0.6 is 0 Å². The van der Waals surface area contributed by atoms with Crippen LogP contribution in [0.15, 0.2) is 77.9 Å². The highest BCUT2D eigenvalue weighted by Crippen LogP contribution is 2.30. The van der Waals surface area contributed by atoms with Crippen molar-refractivity contribution in [3.63, 3.8) is 0 Å². The Morgan fingerprint density at radius 1 is 1.03 bits per heavy atom. The van der Waals surface area contributed by atoms with Crippen LogP contribution in [-0.4, -0.2) is 31.7 Å². The van der Waals surface area contributed by atoms with Gasteiger partial charge in [-0.05, 0) is 42.8 Å². The number of rotatable bonds is 4. The second kappa shape index (κ2) is 8.52. The molecule has 1 aromatic heterocycles. The molecule has 166 valence electrons. The van der Waals surface area contributed by atoms with E-state index in [1.165, 1.54) is 0 Å². The number of aromatic nitrogens is 3. The van der Waals surface area contributed by atoms with E-state index in [0.29, 0.717) is 23.7 Å². The van der Waals surface area contributed by atoms with Crippen molar-refractivity contribution in [1.29, 1.82) is 5.26 Å². The van der Waals surface area contributed by atoms with Gasteiger partial charge in [0, 0.05) is 16.8 Å². The third-order valence-electron chi connectivity index (χ3n) is 5.48. The first-order chi connectivity index (χ1) is 16.5. The van der Waals surface area contributed by atoms with Gasteiger partial charge in [-0.1, -0.05) is 42.5 Å². The predicted octanol–water partition coefficient (Wildman–Crippen LogP) is 4.31. The Labute approximate surface area is 195 Å². The molecule has 0 atom stereocenters. The number of anilines is 2. The predicted molar refractivity (Wildman–Crippen MR) is 127 cm³/mol. The summed E-state index contributed by atoms with van der Waals surface area (Å²) in [6.07, 6.45) is -1.12. The van der Waals surface area contributed by atoms with Crippen molar-refractivity contribution in [2.75, 3.05) is 10.3 Å². The first-order valence-corrected chi connectivity index (χ1v) is 10.5. The van der Waals surface area contributed by atoms with Crippen molar-refractivity contribution in [1.82, 2.24) is 14.8 Å². The number of nitrogens with one attached hydrogen (secondary N) is 1. The van der Waals surface area contributed by atoms with Crippen LogP contribution in [-0.2, 0) is 6.54 Å². The van der Waals surface area contributed by atoms with Crippen molar-refractivity contribution < 1.29 is 9.90 Å². The van der Waals surface area contributed by atoms with Gasteiger partial charge in [0.25, 0.3) is 5.95 Å². The molecule has 0 saturated heterocycles. The maximum absolute atomic E-state index is 11.0. The number of carboxylic acid groups (broad SMARTS) is 1. The lowest BCUT2D eigenvalue weighted by atomic mass is 10.0. The maximum Gasteiger partial charge on any atom is 0.409 e. The van der Waals surface area contributed by atoms with Gasteiger partial charge in [-0.15, -0.1) is 10.2 Å². The van der Waals surface area contributed by atoms with E-state index in [-0.39, 0.29) is 0 Å². The molecule has 34 heavy (non-hydrogen) atoms. The minimum atomic E-state index is -1.12. The molecule has 0 radical (unpaired) electrons. The van der Waals surface area contributed by atoms with Crippen LogP contribution in [0.4, 0.5) is 16.4 Å². The van der Waals surface area contributed by atoms with E-state index in [4.69, 9.17) is 15.5 Å². The standard InChI is InChI=1S/C25H19N7O2/c1-16-28-29-24-31(15-18-8-6-17(14-26)7-9-18)30-23(21-4-2-3-5-22(21)32(16)24)19-10-12-20(13-11-19)27-25(33)34/h2-13,27H,15H2,1H3,(H,33,34). The first-order valence-electron chi connectivity index (χ1n) is 10.5. The van der Waals surface area contributed by atoms with E-state index in [9.17, 15) is 4.79 Å². The fourth-order valence-electron chi connectivity index (χ4n) is 3.90. The van der Waals surface area contributed by atoms with Crippen LogP contribution in [0.3, 0.4) is 0 Å². The van der Waals surface area contributed by atoms with Crippen LogP contribution < -0.4 is 10.3 Å². The molecule has 0 unspecified atom stereocenters. The highest BCUT2D eigenvalue weighted by atomic mass is 16.4. The van der Waals surface area contributed by atoms with Crippen LogP contribution in [0.2, 0.25) is 0 Å². The number of carbonyl (C=O) groups is 1.